The van der Waals surface area contributed by atoms with Crippen molar-refractivity contribution in [1.29, 1.82) is 0 Å². The molecule has 152 valence electrons. The van der Waals surface area contributed by atoms with Gasteiger partial charge in [-0.25, -0.2) is 4.79 Å². The van der Waals surface area contributed by atoms with Crippen LogP contribution < -0.4 is 10.6 Å². The lowest BCUT2D eigenvalue weighted by molar-refractivity contribution is -0.148. The number of carbonyl (C=O) groups is 3. The number of hydrogen-bond donors (Lipinski definition) is 2. The maximum absolute atomic E-state index is 12.1. The van der Waals surface area contributed by atoms with E-state index in [1.807, 2.05) is 42.5 Å². The first-order valence-electron chi connectivity index (χ1n) is 9.51. The summed E-state index contributed by atoms with van der Waals surface area (Å²) in [5, 5.41) is 5.22. The number of esters is 1. The standard InChI is InChI=1S/C24H22N2O4/c1-17(25-23(28)20-10-6-3-7-11-20)24(29)30-16-22(27)26-21-14-12-19(13-15-21)18-8-4-2-5-9-18/h2-15,17H,16H2,1H3,(H,25,28)(H,26,27)/t17-/m0/s1. The first-order valence-corrected chi connectivity index (χ1v) is 9.51. The molecule has 0 heterocycles. The Hall–Kier alpha value is -3.93. The molecular formula is C24H22N2O4. The van der Waals surface area contributed by atoms with Gasteiger partial charge >= 0.3 is 5.97 Å². The number of hydrogen-bond acceptors (Lipinski definition) is 4. The van der Waals surface area contributed by atoms with Crippen LogP contribution in [0.3, 0.4) is 0 Å². The molecule has 0 aliphatic carbocycles. The third-order valence-electron chi connectivity index (χ3n) is 4.36. The third-order valence-corrected chi connectivity index (χ3v) is 4.36. The van der Waals surface area contributed by atoms with Crippen molar-refractivity contribution in [3.8, 4) is 11.1 Å². The van der Waals surface area contributed by atoms with Crippen LogP contribution in [-0.2, 0) is 14.3 Å². The van der Waals surface area contributed by atoms with Crippen molar-refractivity contribution >= 4 is 23.5 Å². The minimum atomic E-state index is -0.879. The molecule has 0 fully saturated rings. The summed E-state index contributed by atoms with van der Waals surface area (Å²) in [6, 6.07) is 24.9. The molecule has 0 saturated carbocycles. The van der Waals surface area contributed by atoms with E-state index in [0.29, 0.717) is 11.3 Å². The van der Waals surface area contributed by atoms with Crippen LogP contribution in [0.5, 0.6) is 0 Å². The minimum absolute atomic E-state index is 0.386. The number of amides is 2. The number of rotatable bonds is 7. The summed E-state index contributed by atoms with van der Waals surface area (Å²) in [5.41, 5.74) is 3.15. The number of benzene rings is 3. The summed E-state index contributed by atoms with van der Waals surface area (Å²) in [5.74, 6) is -1.53. The van der Waals surface area contributed by atoms with Crippen LogP contribution in [0.25, 0.3) is 11.1 Å². The predicted molar refractivity (Wildman–Crippen MR) is 115 cm³/mol. The van der Waals surface area contributed by atoms with Crippen molar-refractivity contribution in [2.24, 2.45) is 0 Å². The topological polar surface area (TPSA) is 84.5 Å². The van der Waals surface area contributed by atoms with E-state index in [2.05, 4.69) is 10.6 Å². The molecule has 0 aliphatic rings. The molecule has 0 spiro atoms. The van der Waals surface area contributed by atoms with Crippen LogP contribution in [0.4, 0.5) is 5.69 Å². The van der Waals surface area contributed by atoms with E-state index in [4.69, 9.17) is 4.74 Å². The second-order valence-electron chi connectivity index (χ2n) is 6.66. The fourth-order valence-corrected chi connectivity index (χ4v) is 2.76. The average molecular weight is 402 g/mol. The van der Waals surface area contributed by atoms with Gasteiger partial charge in [0.15, 0.2) is 6.61 Å². The summed E-state index contributed by atoms with van der Waals surface area (Å²) >= 11 is 0. The molecular weight excluding hydrogens is 380 g/mol. The fraction of sp³-hybridized carbons (Fsp3) is 0.125. The quantitative estimate of drug-likeness (QED) is 0.591. The van der Waals surface area contributed by atoms with Crippen LogP contribution in [0.2, 0.25) is 0 Å². The average Bonchev–Trinajstić information content (AvgIpc) is 2.79. The number of carbonyl (C=O) groups excluding carboxylic acids is 3. The Morgan fingerprint density at radius 2 is 1.37 bits per heavy atom. The molecule has 30 heavy (non-hydrogen) atoms. The van der Waals surface area contributed by atoms with Gasteiger partial charge in [0.25, 0.3) is 11.8 Å². The molecule has 6 heteroatoms. The SMILES string of the molecule is C[C@H](NC(=O)c1ccccc1)C(=O)OCC(=O)Nc1ccc(-c2ccccc2)cc1. The van der Waals surface area contributed by atoms with Crippen LogP contribution >= 0.6 is 0 Å². The number of nitrogens with one attached hydrogen (secondary N) is 2. The molecule has 0 radical (unpaired) electrons. The maximum atomic E-state index is 12.1. The van der Waals surface area contributed by atoms with Crippen molar-refractivity contribution in [3.05, 3.63) is 90.5 Å². The highest BCUT2D eigenvalue weighted by Gasteiger charge is 2.19. The predicted octanol–water partition coefficient (Wildman–Crippen LogP) is 3.65. The van der Waals surface area contributed by atoms with Gasteiger partial charge in [-0.05, 0) is 42.3 Å². The zero-order chi connectivity index (χ0) is 21.3. The van der Waals surface area contributed by atoms with Gasteiger partial charge in [0.2, 0.25) is 0 Å². The van der Waals surface area contributed by atoms with Crippen molar-refractivity contribution < 1.29 is 19.1 Å². The summed E-state index contributed by atoms with van der Waals surface area (Å²) in [7, 11) is 0. The molecule has 0 unspecified atom stereocenters. The highest BCUT2D eigenvalue weighted by Crippen LogP contribution is 2.20. The van der Waals surface area contributed by atoms with Gasteiger partial charge in [-0.1, -0.05) is 60.7 Å². The molecule has 3 aromatic rings. The molecule has 0 bridgehead atoms. The molecule has 3 rings (SSSR count). The van der Waals surface area contributed by atoms with Crippen LogP contribution in [0, 0.1) is 0 Å². The third kappa shape index (κ3) is 5.78. The van der Waals surface area contributed by atoms with Crippen molar-refractivity contribution in [1.82, 2.24) is 5.32 Å². The van der Waals surface area contributed by atoms with Gasteiger partial charge in [0.1, 0.15) is 6.04 Å². The molecule has 0 aliphatic heterocycles. The second-order valence-corrected chi connectivity index (χ2v) is 6.66. The lowest BCUT2D eigenvalue weighted by atomic mass is 10.1. The molecule has 1 atom stereocenters. The van der Waals surface area contributed by atoms with E-state index in [1.165, 1.54) is 6.92 Å². The monoisotopic (exact) mass is 402 g/mol. The first kappa shape index (κ1) is 20.8. The molecule has 0 saturated heterocycles. The van der Waals surface area contributed by atoms with E-state index in [9.17, 15) is 14.4 Å². The van der Waals surface area contributed by atoms with Crippen molar-refractivity contribution in [2.75, 3.05) is 11.9 Å². The highest BCUT2D eigenvalue weighted by molar-refractivity contribution is 5.97. The Bertz CT molecular complexity index is 1000. The van der Waals surface area contributed by atoms with Gasteiger partial charge < -0.3 is 15.4 Å². The Labute approximate surface area is 174 Å². The molecule has 2 N–H and O–H groups in total. The van der Waals surface area contributed by atoms with Crippen molar-refractivity contribution in [3.63, 3.8) is 0 Å². The Morgan fingerprint density at radius 1 is 0.800 bits per heavy atom. The van der Waals surface area contributed by atoms with Crippen molar-refractivity contribution in [2.45, 2.75) is 13.0 Å². The largest absolute Gasteiger partial charge is 0.454 e. The van der Waals surface area contributed by atoms with Gasteiger partial charge in [-0.2, -0.15) is 0 Å². The Balaban J connectivity index is 1.45. The lowest BCUT2D eigenvalue weighted by Gasteiger charge is -2.13. The summed E-state index contributed by atoms with van der Waals surface area (Å²) in [4.78, 5) is 36.2. The number of ether oxygens (including phenoxy) is 1. The van der Waals surface area contributed by atoms with Crippen LogP contribution in [-0.4, -0.2) is 30.4 Å². The van der Waals surface area contributed by atoms with E-state index in [1.54, 1.807) is 42.5 Å². The van der Waals surface area contributed by atoms with E-state index < -0.39 is 24.5 Å². The summed E-state index contributed by atoms with van der Waals surface area (Å²) < 4.78 is 5.00. The summed E-state index contributed by atoms with van der Waals surface area (Å²) in [6.45, 7) is 1.06. The van der Waals surface area contributed by atoms with Crippen LogP contribution in [0.15, 0.2) is 84.9 Å². The zero-order valence-corrected chi connectivity index (χ0v) is 16.5. The van der Waals surface area contributed by atoms with Gasteiger partial charge in [-0.15, -0.1) is 0 Å². The smallest absolute Gasteiger partial charge is 0.328 e. The zero-order valence-electron chi connectivity index (χ0n) is 16.5. The summed E-state index contributed by atoms with van der Waals surface area (Å²) in [6.07, 6.45) is 0. The van der Waals surface area contributed by atoms with Gasteiger partial charge in [0.05, 0.1) is 0 Å². The fourth-order valence-electron chi connectivity index (χ4n) is 2.76. The van der Waals surface area contributed by atoms with E-state index in [0.717, 1.165) is 11.1 Å². The second kappa shape index (κ2) is 10.0. The molecule has 0 aromatic heterocycles. The normalized spacial score (nSPS) is 11.2. The van der Waals surface area contributed by atoms with Gasteiger partial charge in [0, 0.05) is 11.3 Å². The van der Waals surface area contributed by atoms with Crippen LogP contribution in [0.1, 0.15) is 17.3 Å². The molecule has 3 aromatic carbocycles. The molecule has 6 nitrogen and oxygen atoms in total. The lowest BCUT2D eigenvalue weighted by Crippen LogP contribution is -2.40. The minimum Gasteiger partial charge on any atom is -0.454 e. The first-order chi connectivity index (χ1) is 14.5. The molecule has 2 amide bonds. The highest BCUT2D eigenvalue weighted by atomic mass is 16.5. The number of anilines is 1. The maximum Gasteiger partial charge on any atom is 0.328 e. The Morgan fingerprint density at radius 3 is 2.00 bits per heavy atom. The van der Waals surface area contributed by atoms with Gasteiger partial charge in [-0.3, -0.25) is 9.59 Å². The Kier molecular flexibility index (Phi) is 6.95. The van der Waals surface area contributed by atoms with E-state index in [-0.39, 0.29) is 5.91 Å². The van der Waals surface area contributed by atoms with E-state index >= 15 is 0 Å².